The lowest BCUT2D eigenvalue weighted by molar-refractivity contribution is -0.894. The summed E-state index contributed by atoms with van der Waals surface area (Å²) in [6.45, 7) is 12.8. The van der Waals surface area contributed by atoms with E-state index < -0.39 is 0 Å². The van der Waals surface area contributed by atoms with Crippen molar-refractivity contribution in [3.8, 4) is 0 Å². The van der Waals surface area contributed by atoms with Crippen LogP contribution in [0, 0.1) is 0 Å². The molecule has 2 heterocycles. The van der Waals surface area contributed by atoms with Crippen LogP contribution in [0.15, 0.2) is 0 Å². The maximum absolute atomic E-state index is 2.65. The van der Waals surface area contributed by atoms with Gasteiger partial charge in [-0.3, -0.25) is 4.90 Å². The summed E-state index contributed by atoms with van der Waals surface area (Å²) in [5, 5.41) is 0. The highest BCUT2D eigenvalue weighted by atomic mass is 15.4. The van der Waals surface area contributed by atoms with E-state index >= 15 is 0 Å². The molecule has 2 rings (SSSR count). The Kier molecular flexibility index (Phi) is 5.01. The number of rotatable bonds is 4. The van der Waals surface area contributed by atoms with E-state index in [9.17, 15) is 0 Å². The van der Waals surface area contributed by atoms with E-state index in [-0.39, 0.29) is 0 Å². The molecule has 18 heavy (non-hydrogen) atoms. The molecule has 0 amide bonds. The molecule has 2 aliphatic heterocycles. The molecule has 106 valence electrons. The van der Waals surface area contributed by atoms with Crippen LogP contribution < -0.4 is 0 Å². The highest BCUT2D eigenvalue weighted by molar-refractivity contribution is 4.70. The van der Waals surface area contributed by atoms with Crippen LogP contribution in [0.3, 0.4) is 0 Å². The van der Waals surface area contributed by atoms with Gasteiger partial charge in [-0.15, -0.1) is 0 Å². The second-order valence-electron chi connectivity index (χ2n) is 6.72. The number of nitrogens with zero attached hydrogens (tertiary/aromatic N) is 4. The van der Waals surface area contributed by atoms with Gasteiger partial charge < -0.3 is 14.3 Å². The largest absolute Gasteiger partial charge is 0.326 e. The second kappa shape index (κ2) is 6.33. The molecular formula is C14H31N4+. The first kappa shape index (κ1) is 14.3. The molecular weight excluding hydrogens is 224 g/mol. The van der Waals surface area contributed by atoms with Crippen LogP contribution >= 0.6 is 0 Å². The Labute approximate surface area is 113 Å². The van der Waals surface area contributed by atoms with Crippen molar-refractivity contribution >= 4 is 0 Å². The molecule has 0 spiro atoms. The van der Waals surface area contributed by atoms with E-state index in [0.717, 1.165) is 0 Å². The first-order valence-electron chi connectivity index (χ1n) is 7.50. The summed E-state index contributed by atoms with van der Waals surface area (Å²) in [6.07, 6.45) is 1.34. The molecule has 0 aromatic rings. The van der Waals surface area contributed by atoms with E-state index in [0.29, 0.717) is 0 Å². The van der Waals surface area contributed by atoms with Crippen molar-refractivity contribution in [1.29, 1.82) is 0 Å². The summed E-state index contributed by atoms with van der Waals surface area (Å²) in [5.41, 5.74) is 0. The maximum Gasteiger partial charge on any atom is 0.0912 e. The van der Waals surface area contributed by atoms with Gasteiger partial charge in [-0.1, -0.05) is 0 Å². The van der Waals surface area contributed by atoms with E-state index in [1.807, 2.05) is 0 Å². The fourth-order valence-electron chi connectivity index (χ4n) is 2.86. The fourth-order valence-corrected chi connectivity index (χ4v) is 2.86. The van der Waals surface area contributed by atoms with Gasteiger partial charge in [-0.05, 0) is 26.6 Å². The number of hydrogen-bond donors (Lipinski definition) is 0. The van der Waals surface area contributed by atoms with Crippen molar-refractivity contribution in [2.24, 2.45) is 0 Å². The first-order chi connectivity index (χ1) is 8.55. The van der Waals surface area contributed by atoms with Crippen LogP contribution in [0.25, 0.3) is 0 Å². The summed E-state index contributed by atoms with van der Waals surface area (Å²) in [7, 11) is 6.92. The minimum Gasteiger partial charge on any atom is -0.326 e. The standard InChI is InChI=1S/C14H31N4/c1-15-7-9-16(10-8-15)5-4-6-17-11-13-18(2,3)14-12-17/h4-14H2,1-3H3/q+1. The SMILES string of the molecule is CN1CCN(CCCN2CC[N+](C)(C)CC2)CC1. The molecule has 0 radical (unpaired) electrons. The summed E-state index contributed by atoms with van der Waals surface area (Å²) >= 11 is 0. The third-order valence-electron chi connectivity index (χ3n) is 4.59. The molecule has 2 aliphatic rings. The first-order valence-corrected chi connectivity index (χ1v) is 7.50. The lowest BCUT2D eigenvalue weighted by atomic mass is 10.2. The smallest absolute Gasteiger partial charge is 0.0912 e. The summed E-state index contributed by atoms with van der Waals surface area (Å²) in [5.74, 6) is 0. The zero-order chi connectivity index (χ0) is 13.0. The molecule has 0 N–H and O–H groups in total. The number of likely N-dealkylation sites (N-methyl/N-ethyl adjacent to an activating group) is 2. The van der Waals surface area contributed by atoms with Crippen LogP contribution in [-0.2, 0) is 0 Å². The Hall–Kier alpha value is -0.160. The second-order valence-corrected chi connectivity index (χ2v) is 6.72. The van der Waals surface area contributed by atoms with Crippen LogP contribution in [0.1, 0.15) is 6.42 Å². The summed E-state index contributed by atoms with van der Waals surface area (Å²) < 4.78 is 1.20. The van der Waals surface area contributed by atoms with Crippen LogP contribution in [0.2, 0.25) is 0 Å². The van der Waals surface area contributed by atoms with Crippen LogP contribution in [0.4, 0.5) is 0 Å². The predicted octanol–water partition coefficient (Wildman–Crippen LogP) is 0.0159. The highest BCUT2D eigenvalue weighted by Crippen LogP contribution is 2.07. The zero-order valence-corrected chi connectivity index (χ0v) is 12.6. The van der Waals surface area contributed by atoms with Gasteiger partial charge in [0.1, 0.15) is 0 Å². The molecule has 4 heteroatoms. The molecule has 0 aliphatic carbocycles. The fraction of sp³-hybridized carbons (Fsp3) is 1.00. The lowest BCUT2D eigenvalue weighted by Crippen LogP contribution is -2.55. The maximum atomic E-state index is 2.65. The van der Waals surface area contributed by atoms with E-state index in [1.54, 1.807) is 0 Å². The minimum atomic E-state index is 1.20. The molecule has 4 nitrogen and oxygen atoms in total. The van der Waals surface area contributed by atoms with E-state index in [2.05, 4.69) is 35.8 Å². The number of quaternary nitrogens is 1. The summed E-state index contributed by atoms with van der Waals surface area (Å²) in [6, 6.07) is 0. The molecule has 0 saturated carbocycles. The van der Waals surface area contributed by atoms with Crippen molar-refractivity contribution in [3.05, 3.63) is 0 Å². The average molecular weight is 255 g/mol. The average Bonchev–Trinajstić information content (AvgIpc) is 2.34. The minimum absolute atomic E-state index is 1.20. The van der Waals surface area contributed by atoms with Crippen molar-refractivity contribution < 1.29 is 4.48 Å². The molecule has 0 unspecified atom stereocenters. The van der Waals surface area contributed by atoms with E-state index in [1.165, 1.54) is 76.4 Å². The van der Waals surface area contributed by atoms with Gasteiger partial charge in [0.15, 0.2) is 0 Å². The van der Waals surface area contributed by atoms with Crippen molar-refractivity contribution in [2.45, 2.75) is 6.42 Å². The van der Waals surface area contributed by atoms with Gasteiger partial charge in [-0.25, -0.2) is 0 Å². The molecule has 0 aromatic heterocycles. The monoisotopic (exact) mass is 255 g/mol. The van der Waals surface area contributed by atoms with E-state index in [4.69, 9.17) is 0 Å². The Morgan fingerprint density at radius 1 is 0.778 bits per heavy atom. The van der Waals surface area contributed by atoms with Crippen LogP contribution in [-0.4, -0.2) is 106 Å². The van der Waals surface area contributed by atoms with Crippen molar-refractivity contribution in [1.82, 2.24) is 14.7 Å². The molecule has 0 bridgehead atoms. The topological polar surface area (TPSA) is 9.72 Å². The van der Waals surface area contributed by atoms with Gasteiger partial charge in [0.25, 0.3) is 0 Å². The van der Waals surface area contributed by atoms with Crippen molar-refractivity contribution in [3.63, 3.8) is 0 Å². The van der Waals surface area contributed by atoms with Crippen molar-refractivity contribution in [2.75, 3.05) is 86.6 Å². The molecule has 2 saturated heterocycles. The number of hydrogen-bond acceptors (Lipinski definition) is 3. The number of piperazine rings is 2. The zero-order valence-electron chi connectivity index (χ0n) is 12.6. The Bertz CT molecular complexity index is 236. The van der Waals surface area contributed by atoms with Crippen LogP contribution in [0.5, 0.6) is 0 Å². The molecule has 0 aromatic carbocycles. The Morgan fingerprint density at radius 3 is 1.83 bits per heavy atom. The predicted molar refractivity (Wildman–Crippen MR) is 76.8 cm³/mol. The Morgan fingerprint density at radius 2 is 1.28 bits per heavy atom. The lowest BCUT2D eigenvalue weighted by Gasteiger charge is -2.39. The highest BCUT2D eigenvalue weighted by Gasteiger charge is 2.23. The molecule has 0 atom stereocenters. The Balaban J connectivity index is 1.56. The van der Waals surface area contributed by atoms with Gasteiger partial charge in [0, 0.05) is 39.3 Å². The normalized spacial score (nSPS) is 27.5. The molecule has 2 fully saturated rings. The van der Waals surface area contributed by atoms with Gasteiger partial charge >= 0.3 is 0 Å². The van der Waals surface area contributed by atoms with Gasteiger partial charge in [0.05, 0.1) is 27.2 Å². The van der Waals surface area contributed by atoms with Gasteiger partial charge in [0.2, 0.25) is 0 Å². The summed E-state index contributed by atoms with van der Waals surface area (Å²) in [4.78, 5) is 7.71. The third-order valence-corrected chi connectivity index (χ3v) is 4.59. The van der Waals surface area contributed by atoms with Gasteiger partial charge in [-0.2, -0.15) is 0 Å². The third kappa shape index (κ3) is 4.50. The quantitative estimate of drug-likeness (QED) is 0.656.